The number of hydrogen-bond donors (Lipinski definition) is 3. The second-order valence-electron chi connectivity index (χ2n) is 4.58. The molecule has 1 aliphatic heterocycles. The first-order chi connectivity index (χ1) is 9.63. The maximum atomic E-state index is 13.1. The lowest BCUT2D eigenvalue weighted by Crippen LogP contribution is -2.44. The number of halogens is 2. The Morgan fingerprint density at radius 2 is 2.35 bits per heavy atom. The molecule has 3 N–H and O–H groups in total. The van der Waals surface area contributed by atoms with Crippen LogP contribution in [0.3, 0.4) is 0 Å². The molecule has 1 aliphatic rings. The third-order valence-corrected chi connectivity index (χ3v) is 3.52. The van der Waals surface area contributed by atoms with Crippen LogP contribution in [0, 0.1) is 5.82 Å². The normalized spacial score (nSPS) is 17.6. The van der Waals surface area contributed by atoms with Crippen LogP contribution in [0.5, 0.6) is 0 Å². The van der Waals surface area contributed by atoms with Crippen molar-refractivity contribution >= 4 is 23.2 Å². The molecular weight excluding hydrogens is 283 g/mol. The van der Waals surface area contributed by atoms with E-state index in [1.165, 1.54) is 18.2 Å². The third-order valence-electron chi connectivity index (χ3n) is 3.23. The fraction of sp³-hybridized carbons (Fsp3) is 0.231. The molecule has 0 spiro atoms. The number of amides is 1. The van der Waals surface area contributed by atoms with Gasteiger partial charge in [-0.1, -0.05) is 11.6 Å². The summed E-state index contributed by atoms with van der Waals surface area (Å²) in [7, 11) is 0. The Kier molecular flexibility index (Phi) is 3.42. The summed E-state index contributed by atoms with van der Waals surface area (Å²) in [6.45, 7) is 0.567. The van der Waals surface area contributed by atoms with Crippen LogP contribution in [0.15, 0.2) is 24.5 Å². The van der Waals surface area contributed by atoms with Crippen LogP contribution >= 0.6 is 11.6 Å². The van der Waals surface area contributed by atoms with Gasteiger partial charge in [-0.15, -0.1) is 0 Å². The summed E-state index contributed by atoms with van der Waals surface area (Å²) in [5, 5.41) is 5.81. The number of benzene rings is 1. The average molecular weight is 295 g/mol. The molecule has 2 aromatic rings. The molecule has 1 atom stereocenters. The SMILES string of the molecule is O=C(Nc1ccc(F)c(Cl)c1)C1Cc2nc[nH]c2CN1. The second-order valence-corrected chi connectivity index (χ2v) is 4.99. The minimum Gasteiger partial charge on any atom is -0.347 e. The van der Waals surface area contributed by atoms with E-state index in [2.05, 4.69) is 20.6 Å². The van der Waals surface area contributed by atoms with Crippen LogP contribution in [0.1, 0.15) is 11.4 Å². The number of nitrogens with one attached hydrogen (secondary N) is 3. The number of aromatic nitrogens is 2. The van der Waals surface area contributed by atoms with Crippen molar-refractivity contribution < 1.29 is 9.18 Å². The highest BCUT2D eigenvalue weighted by molar-refractivity contribution is 6.31. The maximum absolute atomic E-state index is 13.1. The van der Waals surface area contributed by atoms with Gasteiger partial charge in [-0.3, -0.25) is 10.1 Å². The highest BCUT2D eigenvalue weighted by Gasteiger charge is 2.25. The molecule has 3 rings (SSSR count). The van der Waals surface area contributed by atoms with Crippen molar-refractivity contribution in [2.75, 3.05) is 5.32 Å². The number of nitrogens with zero attached hydrogens (tertiary/aromatic N) is 1. The highest BCUT2D eigenvalue weighted by atomic mass is 35.5. The van der Waals surface area contributed by atoms with Crippen molar-refractivity contribution in [2.45, 2.75) is 19.0 Å². The summed E-state index contributed by atoms with van der Waals surface area (Å²) in [4.78, 5) is 19.3. The third kappa shape index (κ3) is 2.52. The summed E-state index contributed by atoms with van der Waals surface area (Å²) in [5.41, 5.74) is 2.36. The lowest BCUT2D eigenvalue weighted by atomic mass is 10.0. The minimum absolute atomic E-state index is 0.0195. The van der Waals surface area contributed by atoms with Gasteiger partial charge in [0.15, 0.2) is 0 Å². The number of anilines is 1. The molecule has 0 aliphatic carbocycles. The summed E-state index contributed by atoms with van der Waals surface area (Å²) >= 11 is 5.68. The van der Waals surface area contributed by atoms with Crippen LogP contribution in [0.2, 0.25) is 5.02 Å². The van der Waals surface area contributed by atoms with Crippen molar-refractivity contribution in [1.29, 1.82) is 0 Å². The lowest BCUT2D eigenvalue weighted by molar-refractivity contribution is -0.118. The summed E-state index contributed by atoms with van der Waals surface area (Å²) in [6, 6.07) is 3.71. The molecule has 0 radical (unpaired) electrons. The summed E-state index contributed by atoms with van der Waals surface area (Å²) < 4.78 is 13.1. The van der Waals surface area contributed by atoms with Gasteiger partial charge in [-0.25, -0.2) is 9.37 Å². The first-order valence-corrected chi connectivity index (χ1v) is 6.51. The standard InChI is InChI=1S/C13H12ClFN4O/c14-8-3-7(1-2-9(8)15)19-13(20)11-4-10-12(5-16-11)18-6-17-10/h1-3,6,11,16H,4-5H2,(H,17,18)(H,19,20). The van der Waals surface area contributed by atoms with E-state index < -0.39 is 5.82 Å². The lowest BCUT2D eigenvalue weighted by Gasteiger charge is -2.22. The maximum Gasteiger partial charge on any atom is 0.241 e. The van der Waals surface area contributed by atoms with E-state index in [1.807, 2.05) is 0 Å². The number of imidazole rings is 1. The Hall–Kier alpha value is -1.92. The van der Waals surface area contributed by atoms with E-state index in [4.69, 9.17) is 11.6 Å². The van der Waals surface area contributed by atoms with Crippen molar-refractivity contribution in [2.24, 2.45) is 0 Å². The quantitative estimate of drug-likeness (QED) is 0.792. The van der Waals surface area contributed by atoms with Crippen molar-refractivity contribution in [3.63, 3.8) is 0 Å². The predicted molar refractivity (Wildman–Crippen MR) is 73.0 cm³/mol. The topological polar surface area (TPSA) is 69.8 Å². The van der Waals surface area contributed by atoms with Crippen LogP contribution in [-0.4, -0.2) is 21.9 Å². The predicted octanol–water partition coefficient (Wildman–Crippen LogP) is 1.86. The van der Waals surface area contributed by atoms with Gasteiger partial charge in [0, 0.05) is 18.7 Å². The second kappa shape index (κ2) is 5.22. The number of aromatic amines is 1. The molecule has 1 aromatic heterocycles. The van der Waals surface area contributed by atoms with Gasteiger partial charge in [0.25, 0.3) is 0 Å². The first kappa shape index (κ1) is 13.1. The fourth-order valence-corrected chi connectivity index (χ4v) is 2.34. The Bertz CT molecular complexity index is 658. The molecule has 104 valence electrons. The number of carbonyl (C=O) groups excluding carboxylic acids is 1. The Labute approximate surface area is 119 Å². The molecule has 0 saturated heterocycles. The van der Waals surface area contributed by atoms with Gasteiger partial charge >= 0.3 is 0 Å². The van der Waals surface area contributed by atoms with E-state index in [0.717, 1.165) is 11.4 Å². The van der Waals surface area contributed by atoms with E-state index in [-0.39, 0.29) is 17.0 Å². The smallest absolute Gasteiger partial charge is 0.241 e. The van der Waals surface area contributed by atoms with Gasteiger partial charge in [0.05, 0.1) is 28.8 Å². The van der Waals surface area contributed by atoms with E-state index in [1.54, 1.807) is 6.33 Å². The highest BCUT2D eigenvalue weighted by Crippen LogP contribution is 2.20. The summed E-state index contributed by atoms with van der Waals surface area (Å²) in [6.07, 6.45) is 2.13. The molecular formula is C13H12ClFN4O. The molecule has 0 fully saturated rings. The van der Waals surface area contributed by atoms with Crippen LogP contribution in [-0.2, 0) is 17.8 Å². The van der Waals surface area contributed by atoms with E-state index in [9.17, 15) is 9.18 Å². The number of hydrogen-bond acceptors (Lipinski definition) is 3. The zero-order valence-electron chi connectivity index (χ0n) is 10.4. The Morgan fingerprint density at radius 1 is 1.50 bits per heavy atom. The van der Waals surface area contributed by atoms with Crippen LogP contribution in [0.4, 0.5) is 10.1 Å². The van der Waals surface area contributed by atoms with Gasteiger partial charge in [0.1, 0.15) is 5.82 Å². The summed E-state index contributed by atoms with van der Waals surface area (Å²) in [5.74, 6) is -0.706. The number of H-pyrrole nitrogens is 1. The molecule has 1 unspecified atom stereocenters. The molecule has 1 amide bonds. The fourth-order valence-electron chi connectivity index (χ4n) is 2.16. The van der Waals surface area contributed by atoms with Gasteiger partial charge in [0.2, 0.25) is 5.91 Å². The number of rotatable bonds is 2. The zero-order chi connectivity index (χ0) is 14.1. The monoisotopic (exact) mass is 294 g/mol. The van der Waals surface area contributed by atoms with Gasteiger partial charge in [-0.05, 0) is 18.2 Å². The number of carbonyl (C=O) groups is 1. The van der Waals surface area contributed by atoms with Gasteiger partial charge < -0.3 is 10.3 Å². The van der Waals surface area contributed by atoms with Crippen LogP contribution in [0.25, 0.3) is 0 Å². The molecule has 2 heterocycles. The molecule has 0 bridgehead atoms. The van der Waals surface area contributed by atoms with Gasteiger partial charge in [-0.2, -0.15) is 0 Å². The molecule has 0 saturated carbocycles. The molecule has 7 heteroatoms. The first-order valence-electron chi connectivity index (χ1n) is 6.14. The molecule has 1 aromatic carbocycles. The molecule has 5 nitrogen and oxygen atoms in total. The van der Waals surface area contributed by atoms with E-state index >= 15 is 0 Å². The Morgan fingerprint density at radius 3 is 3.15 bits per heavy atom. The Balaban J connectivity index is 1.69. The molecule has 20 heavy (non-hydrogen) atoms. The van der Waals surface area contributed by atoms with Crippen molar-refractivity contribution in [3.05, 3.63) is 46.8 Å². The minimum atomic E-state index is -0.512. The van der Waals surface area contributed by atoms with Crippen LogP contribution < -0.4 is 10.6 Å². The van der Waals surface area contributed by atoms with Crippen molar-refractivity contribution in [3.8, 4) is 0 Å². The number of fused-ring (bicyclic) bond motifs is 1. The van der Waals surface area contributed by atoms with Crippen molar-refractivity contribution in [1.82, 2.24) is 15.3 Å². The van der Waals surface area contributed by atoms with E-state index in [0.29, 0.717) is 18.7 Å². The average Bonchev–Trinajstić information content (AvgIpc) is 2.90. The zero-order valence-corrected chi connectivity index (χ0v) is 11.2. The largest absolute Gasteiger partial charge is 0.347 e.